The average Bonchev–Trinajstić information content (AvgIpc) is 2.93. The molecule has 0 unspecified atom stereocenters. The van der Waals surface area contributed by atoms with Gasteiger partial charge >= 0.3 is 0 Å². The molecule has 1 saturated carbocycles. The predicted molar refractivity (Wildman–Crippen MR) is 150 cm³/mol. The van der Waals surface area contributed by atoms with E-state index in [9.17, 15) is 17.6 Å². The smallest absolute Gasteiger partial charge is 0.166 e. The average molecular weight is 523 g/mol. The standard InChI is InChI=1S/C34H38F4/c1-3-5-6-8-27-19-21-29(33(37)31(27)35)26-16-11-24(12-17-26)13-18-28-20-22-30(34(38)32(28)36)25-14-9-23(7-4-2)10-15-25/h11-13,16-23,25H,3-10,14-15H2,1-2H3. The van der Waals surface area contributed by atoms with Gasteiger partial charge in [-0.3, -0.25) is 0 Å². The van der Waals surface area contributed by atoms with Gasteiger partial charge < -0.3 is 0 Å². The quantitative estimate of drug-likeness (QED) is 0.141. The monoisotopic (exact) mass is 522 g/mol. The van der Waals surface area contributed by atoms with E-state index in [0.717, 1.165) is 50.5 Å². The van der Waals surface area contributed by atoms with E-state index in [-0.39, 0.29) is 17.0 Å². The van der Waals surface area contributed by atoms with Crippen LogP contribution >= 0.6 is 0 Å². The third kappa shape index (κ3) is 6.57. The van der Waals surface area contributed by atoms with Gasteiger partial charge in [0.25, 0.3) is 0 Å². The molecule has 4 rings (SSSR count). The van der Waals surface area contributed by atoms with Crippen LogP contribution in [0.2, 0.25) is 0 Å². The molecule has 0 aliphatic heterocycles. The minimum atomic E-state index is -0.834. The van der Waals surface area contributed by atoms with Gasteiger partial charge in [0.05, 0.1) is 0 Å². The molecule has 0 atom stereocenters. The highest BCUT2D eigenvalue weighted by Crippen LogP contribution is 2.39. The summed E-state index contributed by atoms with van der Waals surface area (Å²) >= 11 is 0. The van der Waals surface area contributed by atoms with Crippen LogP contribution in [0.3, 0.4) is 0 Å². The van der Waals surface area contributed by atoms with Crippen LogP contribution in [0.5, 0.6) is 0 Å². The first-order valence-electron chi connectivity index (χ1n) is 14.2. The van der Waals surface area contributed by atoms with Gasteiger partial charge in [0.1, 0.15) is 0 Å². The fourth-order valence-electron chi connectivity index (χ4n) is 5.72. The maximum atomic E-state index is 15.0. The van der Waals surface area contributed by atoms with E-state index in [1.807, 2.05) is 0 Å². The summed E-state index contributed by atoms with van der Waals surface area (Å²) in [4.78, 5) is 0. The van der Waals surface area contributed by atoms with Crippen LogP contribution in [-0.2, 0) is 6.42 Å². The largest absolute Gasteiger partial charge is 0.203 e. The van der Waals surface area contributed by atoms with E-state index in [1.165, 1.54) is 12.8 Å². The Morgan fingerprint density at radius 2 is 1.42 bits per heavy atom. The van der Waals surface area contributed by atoms with Crippen molar-refractivity contribution < 1.29 is 17.6 Å². The van der Waals surface area contributed by atoms with Crippen molar-refractivity contribution in [2.24, 2.45) is 5.92 Å². The highest BCUT2D eigenvalue weighted by atomic mass is 19.2. The van der Waals surface area contributed by atoms with E-state index in [4.69, 9.17) is 0 Å². The van der Waals surface area contributed by atoms with Gasteiger partial charge in [-0.25, -0.2) is 17.6 Å². The summed E-state index contributed by atoms with van der Waals surface area (Å²) in [5.74, 6) is -2.38. The first kappa shape index (κ1) is 28.1. The molecule has 0 radical (unpaired) electrons. The molecular formula is C34H38F4. The van der Waals surface area contributed by atoms with Gasteiger partial charge in [0.15, 0.2) is 23.3 Å². The van der Waals surface area contributed by atoms with Crippen molar-refractivity contribution in [2.45, 2.75) is 84.0 Å². The van der Waals surface area contributed by atoms with Crippen molar-refractivity contribution in [1.29, 1.82) is 0 Å². The predicted octanol–water partition coefficient (Wildman–Crippen LogP) is 10.9. The van der Waals surface area contributed by atoms with Gasteiger partial charge in [-0.2, -0.15) is 0 Å². The normalized spacial score (nSPS) is 17.8. The Morgan fingerprint density at radius 1 is 0.684 bits per heavy atom. The number of rotatable bonds is 10. The zero-order chi connectivity index (χ0) is 27.1. The highest BCUT2D eigenvalue weighted by molar-refractivity contribution is 5.72. The lowest BCUT2D eigenvalue weighted by atomic mass is 9.77. The zero-order valence-corrected chi connectivity index (χ0v) is 22.5. The molecule has 1 aliphatic rings. The summed E-state index contributed by atoms with van der Waals surface area (Å²) in [7, 11) is 0. The number of benzene rings is 3. The molecule has 3 aromatic carbocycles. The Balaban J connectivity index is 1.44. The minimum absolute atomic E-state index is 0.0822. The number of hydrogen-bond acceptors (Lipinski definition) is 0. The maximum absolute atomic E-state index is 15.0. The topological polar surface area (TPSA) is 0 Å². The van der Waals surface area contributed by atoms with Crippen molar-refractivity contribution in [3.8, 4) is 11.1 Å². The summed E-state index contributed by atoms with van der Waals surface area (Å²) in [5.41, 5.74) is 2.62. The summed E-state index contributed by atoms with van der Waals surface area (Å²) in [6, 6.07) is 13.6. The first-order chi connectivity index (χ1) is 18.4. The van der Waals surface area contributed by atoms with Crippen molar-refractivity contribution in [2.75, 3.05) is 0 Å². The van der Waals surface area contributed by atoms with Crippen LogP contribution < -0.4 is 0 Å². The molecule has 0 heterocycles. The molecule has 202 valence electrons. The summed E-state index contributed by atoms with van der Waals surface area (Å²) in [6.07, 6.45) is 13.0. The van der Waals surface area contributed by atoms with Crippen molar-refractivity contribution in [3.05, 3.63) is 94.1 Å². The Hall–Kier alpha value is -2.88. The molecule has 0 aromatic heterocycles. The molecule has 0 bridgehead atoms. The molecule has 38 heavy (non-hydrogen) atoms. The van der Waals surface area contributed by atoms with E-state index < -0.39 is 23.3 Å². The second-order valence-corrected chi connectivity index (χ2v) is 10.7. The molecule has 1 fully saturated rings. The molecule has 0 N–H and O–H groups in total. The second kappa shape index (κ2) is 13.3. The molecule has 3 aromatic rings. The summed E-state index contributed by atoms with van der Waals surface area (Å²) in [6.45, 7) is 4.26. The van der Waals surface area contributed by atoms with Crippen LogP contribution in [0.4, 0.5) is 17.6 Å². The summed E-state index contributed by atoms with van der Waals surface area (Å²) < 4.78 is 59.2. The molecule has 0 amide bonds. The first-order valence-corrected chi connectivity index (χ1v) is 14.2. The summed E-state index contributed by atoms with van der Waals surface area (Å²) in [5, 5.41) is 0. The van der Waals surface area contributed by atoms with Gasteiger partial charge in [0.2, 0.25) is 0 Å². The van der Waals surface area contributed by atoms with E-state index in [1.54, 1.807) is 60.7 Å². The maximum Gasteiger partial charge on any atom is 0.166 e. The molecule has 1 aliphatic carbocycles. The SMILES string of the molecule is CCCCCc1ccc(-c2ccc(C=Cc3ccc(C4CCC(CCC)CC4)c(F)c3F)cc2)c(F)c1F. The lowest BCUT2D eigenvalue weighted by Gasteiger charge is -2.29. The zero-order valence-electron chi connectivity index (χ0n) is 22.5. The fraction of sp³-hybridized carbons (Fsp3) is 0.412. The molecule has 0 nitrogen and oxygen atoms in total. The Labute approximate surface area is 224 Å². The number of aryl methyl sites for hydroxylation is 1. The van der Waals surface area contributed by atoms with Crippen LogP contribution in [0.1, 0.15) is 99.8 Å². The Morgan fingerprint density at radius 3 is 2.11 bits per heavy atom. The van der Waals surface area contributed by atoms with Crippen LogP contribution in [-0.4, -0.2) is 0 Å². The van der Waals surface area contributed by atoms with Crippen LogP contribution in [0, 0.1) is 29.2 Å². The lowest BCUT2D eigenvalue weighted by Crippen LogP contribution is -2.15. The minimum Gasteiger partial charge on any atom is -0.203 e. The lowest BCUT2D eigenvalue weighted by molar-refractivity contribution is 0.303. The van der Waals surface area contributed by atoms with Crippen LogP contribution in [0.15, 0.2) is 48.5 Å². The number of unbranched alkanes of at least 4 members (excludes halogenated alkanes) is 2. The van der Waals surface area contributed by atoms with Gasteiger partial charge in [-0.15, -0.1) is 0 Å². The van der Waals surface area contributed by atoms with Crippen molar-refractivity contribution >= 4 is 12.2 Å². The highest BCUT2D eigenvalue weighted by Gasteiger charge is 2.25. The van der Waals surface area contributed by atoms with Crippen molar-refractivity contribution in [1.82, 2.24) is 0 Å². The molecular weight excluding hydrogens is 484 g/mol. The van der Waals surface area contributed by atoms with Gasteiger partial charge in [-0.1, -0.05) is 100 Å². The van der Waals surface area contributed by atoms with Gasteiger partial charge in [0, 0.05) is 11.1 Å². The third-order valence-corrected chi connectivity index (χ3v) is 8.01. The second-order valence-electron chi connectivity index (χ2n) is 10.7. The van der Waals surface area contributed by atoms with E-state index in [2.05, 4.69) is 13.8 Å². The van der Waals surface area contributed by atoms with E-state index >= 15 is 0 Å². The Bertz CT molecular complexity index is 1230. The molecule has 4 heteroatoms. The van der Waals surface area contributed by atoms with Gasteiger partial charge in [-0.05, 0) is 72.6 Å². The third-order valence-electron chi connectivity index (χ3n) is 8.01. The fourth-order valence-corrected chi connectivity index (χ4v) is 5.72. The molecule has 0 saturated heterocycles. The number of hydrogen-bond donors (Lipinski definition) is 0. The van der Waals surface area contributed by atoms with E-state index in [0.29, 0.717) is 29.0 Å². The van der Waals surface area contributed by atoms with Crippen LogP contribution in [0.25, 0.3) is 23.3 Å². The number of halogens is 4. The van der Waals surface area contributed by atoms with Crippen molar-refractivity contribution in [3.63, 3.8) is 0 Å². The Kier molecular flexibility index (Phi) is 9.82. The molecule has 0 spiro atoms.